The van der Waals surface area contributed by atoms with Crippen LogP contribution < -0.4 is 5.32 Å². The van der Waals surface area contributed by atoms with Crippen molar-refractivity contribution in [1.29, 1.82) is 0 Å². The maximum Gasteiger partial charge on any atom is 0.220 e. The largest absolute Gasteiger partial charge is 0.394 e. The van der Waals surface area contributed by atoms with E-state index in [1.165, 1.54) is 225 Å². The van der Waals surface area contributed by atoms with Gasteiger partial charge in [-0.3, -0.25) is 4.79 Å². The lowest BCUT2D eigenvalue weighted by atomic mass is 9.99. The molecule has 0 aromatic rings. The SMILES string of the molecule is CCCCCCC/C=C\C/C=C\C/C=C\CCCCCCCCCCCCCCCCCCCCC(=O)NC(COC1OC(CO)C(O)C(O)C1O)C(O)CCCCCCCCCCCCCCCCCC. The molecule has 7 atom stereocenters. The highest BCUT2D eigenvalue weighted by Crippen LogP contribution is 2.23. The van der Waals surface area contributed by atoms with E-state index in [1.54, 1.807) is 0 Å². The predicted octanol–water partition coefficient (Wildman–Crippen LogP) is 15.9. The molecular weight excluding hydrogens is 899 g/mol. The lowest BCUT2D eigenvalue weighted by Crippen LogP contribution is -2.60. The van der Waals surface area contributed by atoms with Gasteiger partial charge in [0.25, 0.3) is 0 Å². The van der Waals surface area contributed by atoms with Crippen molar-refractivity contribution >= 4 is 5.91 Å². The predicted molar refractivity (Wildman–Crippen MR) is 304 cm³/mol. The molecule has 1 amide bonds. The maximum absolute atomic E-state index is 13.1. The number of hydrogen-bond donors (Lipinski definition) is 6. The molecule has 0 spiro atoms. The van der Waals surface area contributed by atoms with E-state index in [2.05, 4.69) is 55.6 Å². The lowest BCUT2D eigenvalue weighted by molar-refractivity contribution is -0.302. The zero-order chi connectivity index (χ0) is 52.2. The Morgan fingerprint density at radius 2 is 0.819 bits per heavy atom. The Morgan fingerprint density at radius 1 is 0.472 bits per heavy atom. The summed E-state index contributed by atoms with van der Waals surface area (Å²) >= 11 is 0. The van der Waals surface area contributed by atoms with Crippen molar-refractivity contribution in [2.75, 3.05) is 13.2 Å². The fourth-order valence-corrected chi connectivity index (χ4v) is 10.1. The van der Waals surface area contributed by atoms with Gasteiger partial charge >= 0.3 is 0 Å². The van der Waals surface area contributed by atoms with Gasteiger partial charge in [-0.2, -0.15) is 0 Å². The standard InChI is InChI=1S/C63H119NO8/c1-3-5-7-9-11-13-15-17-19-21-22-23-24-25-26-27-28-29-30-31-32-33-34-35-36-37-39-41-43-45-47-49-51-53-59(67)64-56(55-71-63-62(70)61(69)60(68)58(54-65)72-63)57(66)52-50-48-46-44-42-40-38-20-18-16-14-12-10-8-6-4-2/h15,17,21-22,24-25,56-58,60-63,65-66,68-70H,3-14,16,18-20,23,26-55H2,1-2H3,(H,64,67)/b17-15-,22-21-,25-24-. The van der Waals surface area contributed by atoms with Gasteiger partial charge in [-0.05, 0) is 51.4 Å². The highest BCUT2D eigenvalue weighted by atomic mass is 16.7. The van der Waals surface area contributed by atoms with Crippen molar-refractivity contribution in [3.8, 4) is 0 Å². The van der Waals surface area contributed by atoms with E-state index < -0.39 is 49.5 Å². The Hall–Kier alpha value is -1.59. The molecule has 1 rings (SSSR count). The molecule has 1 saturated heterocycles. The van der Waals surface area contributed by atoms with E-state index in [9.17, 15) is 30.3 Å². The summed E-state index contributed by atoms with van der Waals surface area (Å²) in [6.07, 6.45) is 61.9. The van der Waals surface area contributed by atoms with E-state index >= 15 is 0 Å². The van der Waals surface area contributed by atoms with Gasteiger partial charge in [0.15, 0.2) is 6.29 Å². The second-order valence-electron chi connectivity index (χ2n) is 21.9. The third-order valence-corrected chi connectivity index (χ3v) is 15.0. The molecule has 0 saturated carbocycles. The van der Waals surface area contributed by atoms with Crippen molar-refractivity contribution in [2.45, 2.75) is 346 Å². The number of rotatable bonds is 54. The van der Waals surface area contributed by atoms with Gasteiger partial charge in [-0.1, -0.05) is 281 Å². The van der Waals surface area contributed by atoms with Gasteiger partial charge in [-0.15, -0.1) is 0 Å². The average Bonchev–Trinajstić information content (AvgIpc) is 3.38. The summed E-state index contributed by atoms with van der Waals surface area (Å²) in [4.78, 5) is 13.1. The minimum absolute atomic E-state index is 0.135. The molecule has 0 bridgehead atoms. The molecule has 6 N–H and O–H groups in total. The summed E-state index contributed by atoms with van der Waals surface area (Å²) in [6.45, 7) is 3.86. The Kier molecular flexibility index (Phi) is 50.2. The normalized spacial score (nSPS) is 19.3. The van der Waals surface area contributed by atoms with Crippen LogP contribution in [0.15, 0.2) is 36.5 Å². The van der Waals surface area contributed by atoms with Crippen LogP contribution >= 0.6 is 0 Å². The zero-order valence-electron chi connectivity index (χ0n) is 47.2. The molecular formula is C63H119NO8. The first kappa shape index (κ1) is 68.4. The van der Waals surface area contributed by atoms with Crippen LogP contribution in [0.4, 0.5) is 0 Å². The van der Waals surface area contributed by atoms with Gasteiger partial charge in [-0.25, -0.2) is 0 Å². The Balaban J connectivity index is 2.11. The first-order chi connectivity index (χ1) is 35.3. The summed E-state index contributed by atoms with van der Waals surface area (Å²) in [6, 6.07) is -0.718. The number of carbonyl (C=O) groups excluding carboxylic acids is 1. The second kappa shape index (κ2) is 52.8. The lowest BCUT2D eigenvalue weighted by Gasteiger charge is -2.40. The van der Waals surface area contributed by atoms with Crippen molar-refractivity contribution in [3.05, 3.63) is 36.5 Å². The van der Waals surface area contributed by atoms with Crippen molar-refractivity contribution in [3.63, 3.8) is 0 Å². The van der Waals surface area contributed by atoms with Crippen LogP contribution in [-0.2, 0) is 14.3 Å². The molecule has 1 fully saturated rings. The monoisotopic (exact) mass is 1020 g/mol. The third-order valence-electron chi connectivity index (χ3n) is 15.0. The molecule has 1 aliphatic rings. The summed E-state index contributed by atoms with van der Waals surface area (Å²) in [5.74, 6) is -0.140. The molecule has 9 nitrogen and oxygen atoms in total. The number of ether oxygens (including phenoxy) is 2. The van der Waals surface area contributed by atoms with E-state index in [1.807, 2.05) is 0 Å². The smallest absolute Gasteiger partial charge is 0.220 e. The molecule has 0 aliphatic carbocycles. The van der Waals surface area contributed by atoms with Crippen molar-refractivity contribution in [1.82, 2.24) is 5.32 Å². The average molecular weight is 1020 g/mol. The summed E-state index contributed by atoms with van der Waals surface area (Å²) in [7, 11) is 0. The number of allylic oxidation sites excluding steroid dienone is 6. The molecule has 1 aliphatic heterocycles. The highest BCUT2D eigenvalue weighted by molar-refractivity contribution is 5.76. The number of nitrogens with one attached hydrogen (secondary N) is 1. The molecule has 7 unspecified atom stereocenters. The molecule has 9 heteroatoms. The van der Waals surface area contributed by atoms with E-state index in [4.69, 9.17) is 9.47 Å². The maximum atomic E-state index is 13.1. The Labute approximate surface area is 444 Å². The van der Waals surface area contributed by atoms with Gasteiger partial charge < -0.3 is 40.3 Å². The summed E-state index contributed by atoms with van der Waals surface area (Å²) in [5.41, 5.74) is 0. The second-order valence-corrected chi connectivity index (χ2v) is 21.9. The van der Waals surface area contributed by atoms with E-state index in [-0.39, 0.29) is 12.5 Å². The molecule has 1 heterocycles. The number of aliphatic hydroxyl groups excluding tert-OH is 5. The van der Waals surface area contributed by atoms with Crippen LogP contribution in [0.25, 0.3) is 0 Å². The fraction of sp³-hybridized carbons (Fsp3) is 0.889. The van der Waals surface area contributed by atoms with Gasteiger partial charge in [0, 0.05) is 6.42 Å². The van der Waals surface area contributed by atoms with Gasteiger partial charge in [0.05, 0.1) is 25.4 Å². The highest BCUT2D eigenvalue weighted by Gasteiger charge is 2.44. The fourth-order valence-electron chi connectivity index (χ4n) is 10.1. The van der Waals surface area contributed by atoms with Gasteiger partial charge in [0.1, 0.15) is 24.4 Å². The zero-order valence-corrected chi connectivity index (χ0v) is 47.2. The van der Waals surface area contributed by atoms with E-state index in [0.717, 1.165) is 51.4 Å². The quantitative estimate of drug-likeness (QED) is 0.0261. The molecule has 0 radical (unpaired) electrons. The molecule has 0 aromatic carbocycles. The van der Waals surface area contributed by atoms with Crippen LogP contribution in [0, 0.1) is 0 Å². The first-order valence-corrected chi connectivity index (χ1v) is 31.2. The third kappa shape index (κ3) is 41.6. The van der Waals surface area contributed by atoms with Crippen molar-refractivity contribution < 1.29 is 39.8 Å². The molecule has 72 heavy (non-hydrogen) atoms. The minimum Gasteiger partial charge on any atom is -0.394 e. The van der Waals surface area contributed by atoms with Crippen molar-refractivity contribution in [2.24, 2.45) is 0 Å². The van der Waals surface area contributed by atoms with Crippen LogP contribution in [0.5, 0.6) is 0 Å². The molecule has 424 valence electrons. The minimum atomic E-state index is -1.55. The number of hydrogen-bond acceptors (Lipinski definition) is 8. The topological polar surface area (TPSA) is 149 Å². The summed E-state index contributed by atoms with van der Waals surface area (Å²) in [5, 5.41) is 54.7. The molecule has 0 aromatic heterocycles. The Morgan fingerprint density at radius 3 is 1.21 bits per heavy atom. The van der Waals surface area contributed by atoms with E-state index in [0.29, 0.717) is 12.8 Å². The first-order valence-electron chi connectivity index (χ1n) is 31.2. The van der Waals surface area contributed by atoms with Crippen LogP contribution in [-0.4, -0.2) is 87.5 Å². The number of carbonyl (C=O) groups is 1. The van der Waals surface area contributed by atoms with Crippen LogP contribution in [0.1, 0.15) is 303 Å². The number of aliphatic hydroxyl groups is 5. The number of amides is 1. The van der Waals surface area contributed by atoms with Gasteiger partial charge in [0.2, 0.25) is 5.91 Å². The Bertz CT molecular complexity index is 1230. The number of unbranched alkanes of at least 4 members (excludes halogenated alkanes) is 38. The van der Waals surface area contributed by atoms with Crippen LogP contribution in [0.3, 0.4) is 0 Å². The van der Waals surface area contributed by atoms with Crippen LogP contribution in [0.2, 0.25) is 0 Å². The summed E-state index contributed by atoms with van der Waals surface area (Å²) < 4.78 is 11.3.